The van der Waals surface area contributed by atoms with Crippen LogP contribution in [0.4, 0.5) is 34.1 Å². The Hall–Kier alpha value is -6.20. The van der Waals surface area contributed by atoms with Gasteiger partial charge in [-0.2, -0.15) is 0 Å². The van der Waals surface area contributed by atoms with E-state index in [1.54, 1.807) is 0 Å². The molecule has 18 heteroatoms. The summed E-state index contributed by atoms with van der Waals surface area (Å²) in [7, 11) is 0. The molecule has 0 aliphatic carbocycles. The lowest BCUT2D eigenvalue weighted by Gasteiger charge is -2.22. The Labute approximate surface area is 240 Å². The highest BCUT2D eigenvalue weighted by Gasteiger charge is 2.37. The molecule has 0 aromatic heterocycles. The minimum absolute atomic E-state index is 0.00110. The maximum atomic E-state index is 13.4. The van der Waals surface area contributed by atoms with E-state index in [0.717, 1.165) is 36.4 Å². The highest BCUT2D eigenvalue weighted by atomic mass is 16.6. The number of carbonyl (C=O) groups is 2. The van der Waals surface area contributed by atoms with Gasteiger partial charge in [0.2, 0.25) is 0 Å². The molecule has 0 radical (unpaired) electrons. The highest BCUT2D eigenvalue weighted by molar-refractivity contribution is 6.03. The van der Waals surface area contributed by atoms with Crippen LogP contribution in [0.25, 0.3) is 0 Å². The number of hydrogen-bond acceptors (Lipinski definition) is 14. The number of carbonyl (C=O) groups excluding carboxylic acids is 2. The Morgan fingerprint density at radius 1 is 0.651 bits per heavy atom. The number of para-hydroxylation sites is 1. The number of rotatable bonds is 11. The van der Waals surface area contributed by atoms with E-state index in [-0.39, 0.29) is 28.1 Å². The number of nitrogens with zero attached hydrogens (tertiary/aromatic N) is 4. The van der Waals surface area contributed by atoms with Crippen molar-refractivity contribution in [2.75, 3.05) is 11.5 Å². The SMILES string of the molecule is CC(OC(=O)C(C(=O)OC(C)c1ccc([N+](=O)[O-])c([N+](=O)[O-])c1)c1cccc(N)c1N)c1ccc([N+](=O)[O-])c([N+](=O)[O-])c1. The van der Waals surface area contributed by atoms with Gasteiger partial charge < -0.3 is 20.9 Å². The number of nitrogen functional groups attached to an aromatic ring is 2. The first-order valence-electron chi connectivity index (χ1n) is 12.0. The van der Waals surface area contributed by atoms with Crippen molar-refractivity contribution in [2.45, 2.75) is 32.0 Å². The van der Waals surface area contributed by atoms with Crippen LogP contribution in [0.2, 0.25) is 0 Å². The predicted molar refractivity (Wildman–Crippen MR) is 147 cm³/mol. The van der Waals surface area contributed by atoms with Crippen LogP contribution < -0.4 is 11.5 Å². The third-order valence-corrected chi connectivity index (χ3v) is 6.27. The molecule has 0 amide bonds. The normalized spacial score (nSPS) is 12.8. The fourth-order valence-corrected chi connectivity index (χ4v) is 4.01. The molecule has 2 atom stereocenters. The molecule has 0 fully saturated rings. The van der Waals surface area contributed by atoms with Crippen molar-refractivity contribution in [3.05, 3.63) is 112 Å². The molecular weight excluding hydrogens is 576 g/mol. The fourth-order valence-electron chi connectivity index (χ4n) is 4.01. The maximum absolute atomic E-state index is 13.4. The molecule has 3 aromatic carbocycles. The van der Waals surface area contributed by atoms with Gasteiger partial charge in [0, 0.05) is 29.8 Å². The minimum Gasteiger partial charge on any atom is -0.457 e. The molecular formula is C25H22N6O12. The van der Waals surface area contributed by atoms with Gasteiger partial charge in [-0.15, -0.1) is 0 Å². The molecule has 0 heterocycles. The lowest BCUT2D eigenvalue weighted by Crippen LogP contribution is -2.28. The molecule has 224 valence electrons. The quantitative estimate of drug-likeness (QED) is 0.103. The van der Waals surface area contributed by atoms with Gasteiger partial charge in [-0.3, -0.25) is 50.0 Å². The van der Waals surface area contributed by atoms with Crippen molar-refractivity contribution in [3.8, 4) is 0 Å². The molecule has 0 spiro atoms. The number of hydrogen-bond donors (Lipinski definition) is 2. The molecule has 0 saturated carbocycles. The summed E-state index contributed by atoms with van der Waals surface area (Å²) in [6.07, 6.45) is -2.53. The van der Waals surface area contributed by atoms with E-state index < -0.39 is 72.5 Å². The lowest BCUT2D eigenvalue weighted by atomic mass is 9.96. The largest absolute Gasteiger partial charge is 0.457 e. The maximum Gasteiger partial charge on any atom is 0.346 e. The molecule has 0 bridgehead atoms. The average Bonchev–Trinajstić information content (AvgIpc) is 2.94. The van der Waals surface area contributed by atoms with Crippen LogP contribution in [0, 0.1) is 40.5 Å². The van der Waals surface area contributed by atoms with Crippen molar-refractivity contribution in [1.29, 1.82) is 0 Å². The van der Waals surface area contributed by atoms with Crippen LogP contribution in [0.15, 0.2) is 54.6 Å². The molecule has 43 heavy (non-hydrogen) atoms. The van der Waals surface area contributed by atoms with E-state index >= 15 is 0 Å². The van der Waals surface area contributed by atoms with Crippen LogP contribution in [0.5, 0.6) is 0 Å². The summed E-state index contributed by atoms with van der Waals surface area (Å²) in [6.45, 7) is 2.60. The first-order chi connectivity index (χ1) is 20.1. The second-order valence-corrected chi connectivity index (χ2v) is 8.97. The Balaban J connectivity index is 1.96. The zero-order valence-electron chi connectivity index (χ0n) is 22.3. The van der Waals surface area contributed by atoms with E-state index in [2.05, 4.69) is 0 Å². The highest BCUT2D eigenvalue weighted by Crippen LogP contribution is 2.36. The lowest BCUT2D eigenvalue weighted by molar-refractivity contribution is -0.422. The van der Waals surface area contributed by atoms with E-state index in [1.807, 2.05) is 0 Å². The van der Waals surface area contributed by atoms with Crippen LogP contribution >= 0.6 is 0 Å². The number of anilines is 2. The van der Waals surface area contributed by atoms with Gasteiger partial charge in [0.1, 0.15) is 12.2 Å². The summed E-state index contributed by atoms with van der Waals surface area (Å²) in [5.41, 5.74) is 8.26. The first kappa shape index (κ1) is 31.3. The summed E-state index contributed by atoms with van der Waals surface area (Å²) < 4.78 is 10.8. The molecule has 0 aliphatic heterocycles. The molecule has 2 unspecified atom stereocenters. The van der Waals surface area contributed by atoms with Crippen molar-refractivity contribution in [2.24, 2.45) is 0 Å². The monoisotopic (exact) mass is 598 g/mol. The summed E-state index contributed by atoms with van der Waals surface area (Å²) in [5.74, 6) is -4.36. The Morgan fingerprint density at radius 2 is 1.05 bits per heavy atom. The van der Waals surface area contributed by atoms with Gasteiger partial charge in [-0.1, -0.05) is 12.1 Å². The van der Waals surface area contributed by atoms with E-state index in [0.29, 0.717) is 0 Å². The molecule has 3 rings (SSSR count). The zero-order chi connectivity index (χ0) is 32.2. The topological polar surface area (TPSA) is 277 Å². The summed E-state index contributed by atoms with van der Waals surface area (Å²) in [6, 6.07) is 9.77. The van der Waals surface area contributed by atoms with Crippen molar-refractivity contribution >= 4 is 46.1 Å². The van der Waals surface area contributed by atoms with Gasteiger partial charge in [0.25, 0.3) is 0 Å². The Morgan fingerprint density at radius 3 is 1.42 bits per heavy atom. The minimum atomic E-state index is -1.88. The van der Waals surface area contributed by atoms with Gasteiger partial charge in [-0.05, 0) is 43.2 Å². The van der Waals surface area contributed by atoms with Crippen LogP contribution in [0.3, 0.4) is 0 Å². The molecule has 18 nitrogen and oxygen atoms in total. The Bertz CT molecular complexity index is 1560. The van der Waals surface area contributed by atoms with Crippen LogP contribution in [-0.2, 0) is 19.1 Å². The molecule has 4 N–H and O–H groups in total. The van der Waals surface area contributed by atoms with E-state index in [4.69, 9.17) is 20.9 Å². The van der Waals surface area contributed by atoms with Gasteiger partial charge in [0.05, 0.1) is 31.1 Å². The smallest absolute Gasteiger partial charge is 0.346 e. The number of nitro groups is 4. The fraction of sp³-hybridized carbons (Fsp3) is 0.200. The third kappa shape index (κ3) is 6.76. The van der Waals surface area contributed by atoms with E-state index in [9.17, 15) is 50.0 Å². The van der Waals surface area contributed by atoms with Crippen molar-refractivity contribution in [3.63, 3.8) is 0 Å². The zero-order valence-corrected chi connectivity index (χ0v) is 22.3. The second kappa shape index (κ2) is 12.5. The van der Waals surface area contributed by atoms with Crippen molar-refractivity contribution < 1.29 is 38.8 Å². The summed E-state index contributed by atoms with van der Waals surface area (Å²) in [5, 5.41) is 44.9. The molecule has 3 aromatic rings. The van der Waals surface area contributed by atoms with Gasteiger partial charge in [0.15, 0.2) is 5.92 Å². The first-order valence-corrected chi connectivity index (χ1v) is 12.0. The molecule has 0 aliphatic rings. The number of benzene rings is 3. The summed E-state index contributed by atoms with van der Waals surface area (Å²) >= 11 is 0. The third-order valence-electron chi connectivity index (χ3n) is 6.27. The van der Waals surface area contributed by atoms with Crippen LogP contribution in [0.1, 0.15) is 48.7 Å². The number of nitrogens with two attached hydrogens (primary N) is 2. The average molecular weight is 598 g/mol. The standard InChI is InChI=1S/C25H22N6O12/c1-12(14-6-8-18(28(34)35)20(10-14)30(38)39)42-24(32)22(16-4-3-5-17(26)23(16)27)25(33)43-13(2)15-7-9-19(29(36)37)21(11-15)31(40)41/h3-13,22H,26-27H2,1-2H3. The molecule has 0 saturated heterocycles. The van der Waals surface area contributed by atoms with Gasteiger partial charge in [-0.25, -0.2) is 0 Å². The van der Waals surface area contributed by atoms with Crippen molar-refractivity contribution in [1.82, 2.24) is 0 Å². The van der Waals surface area contributed by atoms with E-state index in [1.165, 1.54) is 32.0 Å². The van der Waals surface area contributed by atoms with Gasteiger partial charge >= 0.3 is 34.7 Å². The summed E-state index contributed by atoms with van der Waals surface area (Å²) in [4.78, 5) is 67.9. The number of nitro benzene ring substituents is 4. The predicted octanol–water partition coefficient (Wildman–Crippen LogP) is 4.18. The number of esters is 2. The Kier molecular flexibility index (Phi) is 9.14. The number of ether oxygens (including phenoxy) is 2. The van der Waals surface area contributed by atoms with Crippen LogP contribution in [-0.4, -0.2) is 31.6 Å². The second-order valence-electron chi connectivity index (χ2n) is 8.97.